The summed E-state index contributed by atoms with van der Waals surface area (Å²) in [5.74, 6) is -0.556. The van der Waals surface area contributed by atoms with Crippen LogP contribution in [0.5, 0.6) is 0 Å². The van der Waals surface area contributed by atoms with E-state index in [1.54, 1.807) is 4.57 Å². The monoisotopic (exact) mass is 398 g/mol. The van der Waals surface area contributed by atoms with E-state index in [0.29, 0.717) is 0 Å². The Kier molecular flexibility index (Phi) is 4.96. The van der Waals surface area contributed by atoms with Gasteiger partial charge in [0.1, 0.15) is 6.54 Å². The lowest BCUT2D eigenvalue weighted by atomic mass is 10.3. The molecule has 0 aliphatic rings. The minimum absolute atomic E-state index is 0.0979. The molecule has 0 fully saturated rings. The van der Waals surface area contributed by atoms with Crippen molar-refractivity contribution in [2.45, 2.75) is 11.4 Å². The Morgan fingerprint density at radius 1 is 1.12 bits per heavy atom. The molecule has 7 nitrogen and oxygen atoms in total. The summed E-state index contributed by atoms with van der Waals surface area (Å²) >= 11 is 11.6. The second-order valence-corrected chi connectivity index (χ2v) is 7.68. The molecule has 2 aromatic carbocycles. The normalized spacial score (nSPS) is 11.6. The molecule has 3 aromatic rings. The maximum atomic E-state index is 12.2. The number of hydrazine groups is 1. The first kappa shape index (κ1) is 17.7. The molecule has 1 heterocycles. The summed E-state index contributed by atoms with van der Waals surface area (Å²) in [7, 11) is -4.00. The van der Waals surface area contributed by atoms with Crippen molar-refractivity contribution in [1.29, 1.82) is 0 Å². The summed E-state index contributed by atoms with van der Waals surface area (Å²) in [5, 5.41) is 0.341. The Labute approximate surface area is 153 Å². The Balaban J connectivity index is 1.69. The number of hydrogen-bond acceptors (Lipinski definition) is 4. The third-order valence-corrected chi connectivity index (χ3v) is 4.98. The second kappa shape index (κ2) is 7.01. The zero-order valence-corrected chi connectivity index (χ0v) is 14.9. The standard InChI is InChI=1S/C15H12Cl2N4O3S/c16-10-5-11(17)7-12(6-10)25(23,24)20-19-15(22)8-21-9-18-13-3-1-2-4-14(13)21/h1-7,9,20H,8H2,(H,19,22). The number of aromatic nitrogens is 2. The molecule has 0 atom stereocenters. The highest BCUT2D eigenvalue weighted by Gasteiger charge is 2.17. The van der Waals surface area contributed by atoms with Crippen LogP contribution in [0.4, 0.5) is 0 Å². The summed E-state index contributed by atoms with van der Waals surface area (Å²) in [6.07, 6.45) is 1.51. The van der Waals surface area contributed by atoms with Gasteiger partial charge in [0.05, 0.1) is 22.3 Å². The van der Waals surface area contributed by atoms with Gasteiger partial charge in [0.25, 0.3) is 15.9 Å². The number of carbonyl (C=O) groups excluding carboxylic acids is 1. The van der Waals surface area contributed by atoms with Gasteiger partial charge in [-0.25, -0.2) is 13.4 Å². The van der Waals surface area contributed by atoms with Crippen LogP contribution in [-0.4, -0.2) is 23.9 Å². The van der Waals surface area contributed by atoms with Crippen molar-refractivity contribution in [3.63, 3.8) is 0 Å². The van der Waals surface area contributed by atoms with Gasteiger partial charge < -0.3 is 4.57 Å². The number of amides is 1. The summed E-state index contributed by atoms with van der Waals surface area (Å²) in [6, 6.07) is 11.2. The van der Waals surface area contributed by atoms with Crippen LogP contribution in [0.25, 0.3) is 11.0 Å². The van der Waals surface area contributed by atoms with Crippen LogP contribution in [0.3, 0.4) is 0 Å². The summed E-state index contributed by atoms with van der Waals surface area (Å²) < 4.78 is 26.0. The number of halogens is 2. The molecule has 2 N–H and O–H groups in total. The molecule has 1 amide bonds. The van der Waals surface area contributed by atoms with Gasteiger partial charge >= 0.3 is 0 Å². The quantitative estimate of drug-likeness (QED) is 0.645. The van der Waals surface area contributed by atoms with Crippen molar-refractivity contribution in [3.05, 3.63) is 58.8 Å². The van der Waals surface area contributed by atoms with Crippen LogP contribution in [0.15, 0.2) is 53.7 Å². The number of imidazole rings is 1. The summed E-state index contributed by atoms with van der Waals surface area (Å²) in [6.45, 7) is -0.0979. The van der Waals surface area contributed by atoms with Crippen LogP contribution in [-0.2, 0) is 21.4 Å². The summed E-state index contributed by atoms with van der Waals surface area (Å²) in [4.78, 5) is 18.0. The van der Waals surface area contributed by atoms with E-state index in [9.17, 15) is 13.2 Å². The predicted molar refractivity (Wildman–Crippen MR) is 94.7 cm³/mol. The SMILES string of the molecule is O=C(Cn1cnc2ccccc21)NNS(=O)(=O)c1cc(Cl)cc(Cl)c1. The molecule has 0 saturated carbocycles. The molecule has 0 unspecified atom stereocenters. The molecule has 0 radical (unpaired) electrons. The highest BCUT2D eigenvalue weighted by Crippen LogP contribution is 2.21. The first-order valence-corrected chi connectivity index (χ1v) is 9.26. The van der Waals surface area contributed by atoms with E-state index in [1.165, 1.54) is 24.5 Å². The lowest BCUT2D eigenvalue weighted by molar-refractivity contribution is -0.122. The van der Waals surface area contributed by atoms with Crippen LogP contribution in [0.2, 0.25) is 10.0 Å². The lowest BCUT2D eigenvalue weighted by Gasteiger charge is -2.10. The fourth-order valence-corrected chi connectivity index (χ4v) is 3.78. The Bertz CT molecular complexity index is 1030. The van der Waals surface area contributed by atoms with Gasteiger partial charge in [-0.1, -0.05) is 35.3 Å². The molecule has 10 heteroatoms. The van der Waals surface area contributed by atoms with Crippen LogP contribution >= 0.6 is 23.2 Å². The van der Waals surface area contributed by atoms with Gasteiger partial charge in [0.15, 0.2) is 0 Å². The molecular formula is C15H12Cl2N4O3S. The van der Waals surface area contributed by atoms with E-state index >= 15 is 0 Å². The predicted octanol–water partition coefficient (Wildman–Crippen LogP) is 2.35. The van der Waals surface area contributed by atoms with Crippen molar-refractivity contribution >= 4 is 50.2 Å². The van der Waals surface area contributed by atoms with Crippen molar-refractivity contribution in [1.82, 2.24) is 19.8 Å². The number of fused-ring (bicyclic) bond motifs is 1. The van der Waals surface area contributed by atoms with E-state index in [0.717, 1.165) is 11.0 Å². The number of para-hydroxylation sites is 2. The first-order valence-electron chi connectivity index (χ1n) is 7.02. The van der Waals surface area contributed by atoms with Gasteiger partial charge in [-0.3, -0.25) is 10.2 Å². The number of nitrogens with zero attached hydrogens (tertiary/aromatic N) is 2. The van der Waals surface area contributed by atoms with Crippen molar-refractivity contribution in [3.8, 4) is 0 Å². The van der Waals surface area contributed by atoms with Crippen LogP contribution in [0, 0.1) is 0 Å². The maximum absolute atomic E-state index is 12.2. The number of nitrogens with one attached hydrogen (secondary N) is 2. The number of carbonyl (C=O) groups is 1. The molecule has 0 aliphatic heterocycles. The minimum Gasteiger partial charge on any atom is -0.321 e. The van der Waals surface area contributed by atoms with E-state index in [-0.39, 0.29) is 21.5 Å². The van der Waals surface area contributed by atoms with Gasteiger partial charge in [0.2, 0.25) is 0 Å². The zero-order chi connectivity index (χ0) is 18.0. The van der Waals surface area contributed by atoms with Gasteiger partial charge in [0, 0.05) is 10.0 Å². The molecule has 25 heavy (non-hydrogen) atoms. The highest BCUT2D eigenvalue weighted by molar-refractivity contribution is 7.89. The molecule has 130 valence electrons. The van der Waals surface area contributed by atoms with Crippen molar-refractivity contribution in [2.75, 3.05) is 0 Å². The van der Waals surface area contributed by atoms with Crippen molar-refractivity contribution in [2.24, 2.45) is 0 Å². The van der Waals surface area contributed by atoms with E-state index in [1.807, 2.05) is 29.1 Å². The first-order chi connectivity index (χ1) is 11.8. The lowest BCUT2D eigenvalue weighted by Crippen LogP contribution is -2.43. The van der Waals surface area contributed by atoms with Crippen molar-refractivity contribution < 1.29 is 13.2 Å². The summed E-state index contributed by atoms with van der Waals surface area (Å²) in [5.41, 5.74) is 3.66. The molecule has 3 rings (SSSR count). The van der Waals surface area contributed by atoms with E-state index in [4.69, 9.17) is 23.2 Å². The van der Waals surface area contributed by atoms with Gasteiger partial charge in [-0.2, -0.15) is 0 Å². The van der Waals surface area contributed by atoms with E-state index < -0.39 is 15.9 Å². The van der Waals surface area contributed by atoms with E-state index in [2.05, 4.69) is 10.4 Å². The fourth-order valence-electron chi connectivity index (χ4n) is 2.20. The smallest absolute Gasteiger partial charge is 0.257 e. The maximum Gasteiger partial charge on any atom is 0.257 e. The molecule has 0 aliphatic carbocycles. The van der Waals surface area contributed by atoms with Gasteiger partial charge in [-0.15, -0.1) is 4.83 Å². The Morgan fingerprint density at radius 3 is 2.52 bits per heavy atom. The molecule has 0 bridgehead atoms. The Morgan fingerprint density at radius 2 is 1.80 bits per heavy atom. The fraction of sp³-hybridized carbons (Fsp3) is 0.0667. The molecular weight excluding hydrogens is 387 g/mol. The van der Waals surface area contributed by atoms with Gasteiger partial charge in [-0.05, 0) is 30.3 Å². The number of sulfonamides is 1. The van der Waals surface area contributed by atoms with Crippen LogP contribution < -0.4 is 10.3 Å². The average Bonchev–Trinajstić information content (AvgIpc) is 2.95. The second-order valence-electron chi connectivity index (χ2n) is 5.12. The largest absolute Gasteiger partial charge is 0.321 e. The topological polar surface area (TPSA) is 93.1 Å². The minimum atomic E-state index is -4.00. The highest BCUT2D eigenvalue weighted by atomic mass is 35.5. The number of benzene rings is 2. The third-order valence-electron chi connectivity index (χ3n) is 3.31. The zero-order valence-electron chi connectivity index (χ0n) is 12.6. The number of hydrogen-bond donors (Lipinski definition) is 2. The number of rotatable bonds is 5. The molecule has 0 saturated heterocycles. The Hall–Kier alpha value is -2.13. The third kappa shape index (κ3) is 4.10. The molecule has 1 aromatic heterocycles. The average molecular weight is 399 g/mol. The molecule has 0 spiro atoms. The van der Waals surface area contributed by atoms with Crippen LogP contribution in [0.1, 0.15) is 0 Å².